The third-order valence-electron chi connectivity index (χ3n) is 4.86. The fourth-order valence-electron chi connectivity index (χ4n) is 3.75. The number of rotatable bonds is 3. The van der Waals surface area contributed by atoms with Crippen LogP contribution in [0.1, 0.15) is 44.9 Å². The van der Waals surface area contributed by atoms with E-state index in [0.29, 0.717) is 30.1 Å². The lowest BCUT2D eigenvalue weighted by molar-refractivity contribution is 0.0299. The smallest absolute Gasteiger partial charge is 0.231 e. The number of halogens is 1. The molecule has 3 aliphatic rings. The molecule has 2 saturated heterocycles. The highest BCUT2D eigenvalue weighted by Crippen LogP contribution is 2.29. The van der Waals surface area contributed by atoms with Gasteiger partial charge in [-0.25, -0.2) is 0 Å². The molecule has 22 heavy (non-hydrogen) atoms. The van der Waals surface area contributed by atoms with Crippen molar-refractivity contribution in [2.24, 2.45) is 0 Å². The van der Waals surface area contributed by atoms with Gasteiger partial charge < -0.3 is 15.0 Å². The number of hydrogen-bond donors (Lipinski definition) is 1. The lowest BCUT2D eigenvalue weighted by Crippen LogP contribution is -2.43. The molecule has 2 atom stereocenters. The number of fused-ring (bicyclic) bond motifs is 2. The molecule has 1 N–H and O–H groups in total. The molecule has 3 heterocycles. The topological polar surface area (TPSA) is 63.2 Å². The van der Waals surface area contributed by atoms with Crippen LogP contribution in [0.3, 0.4) is 0 Å². The van der Waals surface area contributed by atoms with E-state index in [1.807, 2.05) is 0 Å². The van der Waals surface area contributed by atoms with E-state index in [4.69, 9.17) is 16.3 Å². The summed E-state index contributed by atoms with van der Waals surface area (Å²) >= 11 is 6.12. The average Bonchev–Trinajstić information content (AvgIpc) is 2.86. The van der Waals surface area contributed by atoms with Gasteiger partial charge in [0.1, 0.15) is 0 Å². The summed E-state index contributed by atoms with van der Waals surface area (Å²) in [6.07, 6.45) is 9.12. The summed E-state index contributed by atoms with van der Waals surface area (Å²) in [4.78, 5) is 15.4. The second kappa shape index (κ2) is 6.16. The second-order valence-corrected chi connectivity index (χ2v) is 6.91. The molecule has 4 rings (SSSR count). The molecule has 2 unspecified atom stereocenters. The molecular formula is C15H22ClN5O. The Labute approximate surface area is 135 Å². The highest BCUT2D eigenvalue weighted by Gasteiger charge is 2.35. The summed E-state index contributed by atoms with van der Waals surface area (Å²) in [5, 5.41) is 3.70. The lowest BCUT2D eigenvalue weighted by Gasteiger charge is -2.32. The predicted molar refractivity (Wildman–Crippen MR) is 85.4 cm³/mol. The maximum atomic E-state index is 6.12. The highest BCUT2D eigenvalue weighted by molar-refractivity contribution is 6.28. The van der Waals surface area contributed by atoms with Crippen LogP contribution >= 0.6 is 11.6 Å². The van der Waals surface area contributed by atoms with Crippen LogP contribution in [0.4, 0.5) is 11.9 Å². The molecule has 1 saturated carbocycles. The maximum absolute atomic E-state index is 6.12. The SMILES string of the molecule is Clc1nc(NC2CCCCC2)nc(N2CC3CCC(C2)O3)n1. The third-order valence-corrected chi connectivity index (χ3v) is 5.03. The molecule has 0 spiro atoms. The molecule has 6 nitrogen and oxygen atoms in total. The van der Waals surface area contributed by atoms with Crippen LogP contribution in [0, 0.1) is 0 Å². The quantitative estimate of drug-likeness (QED) is 0.922. The Bertz CT molecular complexity index is 525. The Morgan fingerprint density at radius 2 is 1.68 bits per heavy atom. The van der Waals surface area contributed by atoms with Crippen molar-refractivity contribution in [1.82, 2.24) is 15.0 Å². The van der Waals surface area contributed by atoms with Crippen molar-refractivity contribution in [2.75, 3.05) is 23.3 Å². The Balaban J connectivity index is 1.50. The van der Waals surface area contributed by atoms with E-state index < -0.39 is 0 Å². The van der Waals surface area contributed by atoms with Crippen LogP contribution in [0.15, 0.2) is 0 Å². The molecule has 0 aromatic carbocycles. The van der Waals surface area contributed by atoms with Crippen LogP contribution in [0.25, 0.3) is 0 Å². The number of nitrogens with one attached hydrogen (secondary N) is 1. The van der Waals surface area contributed by atoms with Crippen molar-refractivity contribution >= 4 is 23.5 Å². The van der Waals surface area contributed by atoms with Crippen molar-refractivity contribution in [3.05, 3.63) is 5.28 Å². The van der Waals surface area contributed by atoms with Gasteiger partial charge in [-0.15, -0.1) is 0 Å². The van der Waals surface area contributed by atoms with Crippen molar-refractivity contribution in [3.8, 4) is 0 Å². The van der Waals surface area contributed by atoms with Gasteiger partial charge in [0.2, 0.25) is 17.2 Å². The summed E-state index contributed by atoms with van der Waals surface area (Å²) in [6.45, 7) is 1.69. The van der Waals surface area contributed by atoms with E-state index >= 15 is 0 Å². The van der Waals surface area contributed by atoms with Crippen LogP contribution in [-0.2, 0) is 4.74 Å². The second-order valence-electron chi connectivity index (χ2n) is 6.57. The zero-order chi connectivity index (χ0) is 14.9. The normalized spacial score (nSPS) is 28.9. The Hall–Kier alpha value is -1.14. The maximum Gasteiger partial charge on any atom is 0.231 e. The van der Waals surface area contributed by atoms with Crippen molar-refractivity contribution in [1.29, 1.82) is 0 Å². The molecule has 1 aromatic rings. The Morgan fingerprint density at radius 3 is 2.41 bits per heavy atom. The van der Waals surface area contributed by atoms with E-state index in [2.05, 4.69) is 25.2 Å². The average molecular weight is 324 g/mol. The first-order valence-corrected chi connectivity index (χ1v) is 8.72. The number of nitrogens with zero attached hydrogens (tertiary/aromatic N) is 4. The van der Waals surface area contributed by atoms with Gasteiger partial charge in [0.25, 0.3) is 0 Å². The van der Waals surface area contributed by atoms with Crippen molar-refractivity contribution < 1.29 is 4.74 Å². The summed E-state index contributed by atoms with van der Waals surface area (Å²) in [5.41, 5.74) is 0. The minimum Gasteiger partial charge on any atom is -0.371 e. The van der Waals surface area contributed by atoms with Gasteiger partial charge in [-0.1, -0.05) is 19.3 Å². The van der Waals surface area contributed by atoms with E-state index in [1.54, 1.807) is 0 Å². The van der Waals surface area contributed by atoms with Crippen LogP contribution in [-0.4, -0.2) is 46.3 Å². The van der Waals surface area contributed by atoms with Gasteiger partial charge >= 0.3 is 0 Å². The van der Waals surface area contributed by atoms with Gasteiger partial charge in [-0.2, -0.15) is 15.0 Å². The fourth-order valence-corrected chi connectivity index (χ4v) is 3.91. The first-order chi connectivity index (χ1) is 10.8. The Kier molecular flexibility index (Phi) is 4.05. The van der Waals surface area contributed by atoms with Gasteiger partial charge in [0, 0.05) is 19.1 Å². The largest absolute Gasteiger partial charge is 0.371 e. The summed E-state index contributed by atoms with van der Waals surface area (Å²) in [6, 6.07) is 0.459. The zero-order valence-electron chi connectivity index (χ0n) is 12.7. The van der Waals surface area contributed by atoms with Crippen LogP contribution in [0.5, 0.6) is 0 Å². The fraction of sp³-hybridized carbons (Fsp3) is 0.800. The van der Waals surface area contributed by atoms with E-state index in [-0.39, 0.29) is 5.28 Å². The molecule has 0 radical (unpaired) electrons. The Morgan fingerprint density at radius 1 is 0.955 bits per heavy atom. The summed E-state index contributed by atoms with van der Waals surface area (Å²) < 4.78 is 5.87. The van der Waals surface area contributed by atoms with Crippen molar-refractivity contribution in [3.63, 3.8) is 0 Å². The predicted octanol–water partition coefficient (Wildman–Crippen LogP) is 2.64. The molecule has 3 fully saturated rings. The number of morpholine rings is 1. The van der Waals surface area contributed by atoms with E-state index in [9.17, 15) is 0 Å². The van der Waals surface area contributed by atoms with Gasteiger partial charge in [0.05, 0.1) is 12.2 Å². The molecule has 0 amide bonds. The van der Waals surface area contributed by atoms with E-state index in [1.165, 1.54) is 32.1 Å². The highest BCUT2D eigenvalue weighted by atomic mass is 35.5. The van der Waals surface area contributed by atoms with E-state index in [0.717, 1.165) is 25.9 Å². The molecule has 1 aromatic heterocycles. The van der Waals surface area contributed by atoms with Crippen molar-refractivity contribution in [2.45, 2.75) is 63.2 Å². The molecule has 2 aliphatic heterocycles. The minimum atomic E-state index is 0.266. The minimum absolute atomic E-state index is 0.266. The first kappa shape index (κ1) is 14.5. The first-order valence-electron chi connectivity index (χ1n) is 8.35. The zero-order valence-corrected chi connectivity index (χ0v) is 13.4. The standard InChI is InChI=1S/C15H22ClN5O/c16-13-18-14(17-10-4-2-1-3-5-10)20-15(19-13)21-8-11-6-7-12(9-21)22-11/h10-12H,1-9H2,(H,17,18,19,20). The number of hydrogen-bond acceptors (Lipinski definition) is 6. The van der Waals surface area contributed by atoms with Crippen LogP contribution < -0.4 is 10.2 Å². The summed E-state index contributed by atoms with van der Waals surface area (Å²) in [5.74, 6) is 1.29. The molecular weight excluding hydrogens is 302 g/mol. The summed E-state index contributed by atoms with van der Waals surface area (Å²) in [7, 11) is 0. The van der Waals surface area contributed by atoms with Crippen LogP contribution in [0.2, 0.25) is 5.28 Å². The molecule has 1 aliphatic carbocycles. The molecule has 120 valence electrons. The number of anilines is 2. The van der Waals surface area contributed by atoms with Gasteiger partial charge in [-0.05, 0) is 37.3 Å². The number of aromatic nitrogens is 3. The monoisotopic (exact) mass is 323 g/mol. The lowest BCUT2D eigenvalue weighted by atomic mass is 9.96. The molecule has 7 heteroatoms. The molecule has 2 bridgehead atoms. The third kappa shape index (κ3) is 3.13. The number of ether oxygens (including phenoxy) is 1. The van der Waals surface area contributed by atoms with Gasteiger partial charge in [-0.3, -0.25) is 0 Å². The van der Waals surface area contributed by atoms with Gasteiger partial charge in [0.15, 0.2) is 0 Å².